The Labute approximate surface area is 195 Å². The number of likely N-dealkylation sites (N-methyl/N-ethyl adjacent to an activating group) is 1. The standard InChI is InChI=1S/C23H24Cl2N4O3/c1-3-28-22(31)20(21(26)29(23(28)32)13-15-7-5-4-6-8-15)19(30)14-27(2)12-16-9-10-17(24)18(25)11-16/h4-11H,3,12-14,26H2,1-2H3/p+1. The average Bonchev–Trinajstić information content (AvgIpc) is 2.75. The smallest absolute Gasteiger partial charge is 0.332 e. The van der Waals surface area contributed by atoms with Crippen LogP contribution in [0, 0.1) is 0 Å². The van der Waals surface area contributed by atoms with E-state index in [0.717, 1.165) is 20.6 Å². The van der Waals surface area contributed by atoms with Crippen LogP contribution in [-0.2, 0) is 19.6 Å². The van der Waals surface area contributed by atoms with Crippen LogP contribution in [0.2, 0.25) is 10.0 Å². The molecule has 9 heteroatoms. The van der Waals surface area contributed by atoms with Gasteiger partial charge >= 0.3 is 5.69 Å². The highest BCUT2D eigenvalue weighted by molar-refractivity contribution is 6.42. The number of nitrogens with one attached hydrogen (secondary N) is 1. The molecular formula is C23H25Cl2N4O3+. The highest BCUT2D eigenvalue weighted by atomic mass is 35.5. The third kappa shape index (κ3) is 5.12. The second-order valence-corrected chi connectivity index (χ2v) is 8.46. The Morgan fingerprint density at radius 3 is 2.31 bits per heavy atom. The first-order chi connectivity index (χ1) is 15.2. The quantitative estimate of drug-likeness (QED) is 0.486. The van der Waals surface area contributed by atoms with Crippen molar-refractivity contribution in [2.45, 2.75) is 26.6 Å². The lowest BCUT2D eigenvalue weighted by molar-refractivity contribution is -0.884. The predicted molar refractivity (Wildman–Crippen MR) is 127 cm³/mol. The number of halogens is 2. The molecule has 0 saturated carbocycles. The van der Waals surface area contributed by atoms with Crippen LogP contribution in [0.25, 0.3) is 0 Å². The third-order valence-corrected chi connectivity index (χ3v) is 5.94. The molecule has 0 amide bonds. The molecule has 1 atom stereocenters. The van der Waals surface area contributed by atoms with Gasteiger partial charge in [0.1, 0.15) is 24.5 Å². The van der Waals surface area contributed by atoms with Gasteiger partial charge in [-0.3, -0.25) is 18.7 Å². The van der Waals surface area contributed by atoms with Crippen LogP contribution in [0.1, 0.15) is 28.4 Å². The number of carbonyl (C=O) groups excluding carboxylic acids is 1. The van der Waals surface area contributed by atoms with Crippen LogP contribution >= 0.6 is 23.2 Å². The number of Topliss-reactive ketones (excluding diaryl/α,β-unsaturated/α-hetero) is 1. The normalized spacial score (nSPS) is 12.0. The number of anilines is 1. The summed E-state index contributed by atoms with van der Waals surface area (Å²) in [6.07, 6.45) is 0. The van der Waals surface area contributed by atoms with Crippen molar-refractivity contribution in [1.29, 1.82) is 0 Å². The molecular weight excluding hydrogens is 451 g/mol. The number of rotatable bonds is 8. The number of hydrogen-bond acceptors (Lipinski definition) is 4. The number of ketones is 1. The lowest BCUT2D eigenvalue weighted by atomic mass is 10.1. The molecule has 0 radical (unpaired) electrons. The molecule has 1 unspecified atom stereocenters. The Hall–Kier alpha value is -2.87. The van der Waals surface area contributed by atoms with Gasteiger partial charge in [0.15, 0.2) is 0 Å². The average molecular weight is 476 g/mol. The topological polar surface area (TPSA) is 91.5 Å². The van der Waals surface area contributed by atoms with E-state index < -0.39 is 17.0 Å². The molecule has 2 aromatic carbocycles. The van der Waals surface area contributed by atoms with E-state index in [4.69, 9.17) is 28.9 Å². The molecule has 3 aromatic rings. The SMILES string of the molecule is CCn1c(=O)c(C(=O)C[NH+](C)Cc2ccc(Cl)c(Cl)c2)c(N)n(Cc2ccccc2)c1=O. The van der Waals surface area contributed by atoms with Gasteiger partial charge in [0, 0.05) is 12.1 Å². The fraction of sp³-hybridized carbons (Fsp3) is 0.261. The van der Waals surface area contributed by atoms with Crippen LogP contribution in [-0.4, -0.2) is 28.5 Å². The summed E-state index contributed by atoms with van der Waals surface area (Å²) in [6, 6.07) is 14.5. The van der Waals surface area contributed by atoms with Gasteiger partial charge in [0.05, 0.1) is 23.6 Å². The maximum Gasteiger partial charge on any atom is 0.332 e. The minimum Gasteiger partial charge on any atom is -0.384 e. The summed E-state index contributed by atoms with van der Waals surface area (Å²) >= 11 is 12.0. The Morgan fingerprint density at radius 1 is 1.00 bits per heavy atom. The number of carbonyl (C=O) groups is 1. The minimum atomic E-state index is -0.661. The molecule has 0 saturated heterocycles. The summed E-state index contributed by atoms with van der Waals surface area (Å²) in [6.45, 7) is 2.50. The molecule has 3 rings (SSSR count). The number of nitrogen functional groups attached to an aromatic ring is 1. The van der Waals surface area contributed by atoms with Gasteiger partial charge < -0.3 is 10.6 Å². The maximum atomic E-state index is 13.1. The first-order valence-corrected chi connectivity index (χ1v) is 10.9. The van der Waals surface area contributed by atoms with Gasteiger partial charge in [-0.1, -0.05) is 59.6 Å². The van der Waals surface area contributed by atoms with E-state index in [1.807, 2.05) is 43.4 Å². The van der Waals surface area contributed by atoms with E-state index in [1.54, 1.807) is 19.1 Å². The molecule has 3 N–H and O–H groups in total. The molecule has 0 aliphatic carbocycles. The van der Waals surface area contributed by atoms with Crippen LogP contribution in [0.3, 0.4) is 0 Å². The van der Waals surface area contributed by atoms with Crippen molar-refractivity contribution >= 4 is 34.8 Å². The zero-order valence-corrected chi connectivity index (χ0v) is 19.4. The largest absolute Gasteiger partial charge is 0.384 e. The lowest BCUT2D eigenvalue weighted by Crippen LogP contribution is -3.08. The van der Waals surface area contributed by atoms with E-state index in [-0.39, 0.29) is 31.0 Å². The van der Waals surface area contributed by atoms with E-state index in [0.29, 0.717) is 16.6 Å². The predicted octanol–water partition coefficient (Wildman–Crippen LogP) is 1.86. The highest BCUT2D eigenvalue weighted by Crippen LogP contribution is 2.22. The van der Waals surface area contributed by atoms with Crippen LogP contribution < -0.4 is 21.9 Å². The van der Waals surface area contributed by atoms with Gasteiger partial charge in [-0.15, -0.1) is 0 Å². The zero-order chi connectivity index (χ0) is 23.4. The van der Waals surface area contributed by atoms with Crippen molar-refractivity contribution < 1.29 is 9.69 Å². The number of aromatic nitrogens is 2. The summed E-state index contributed by atoms with van der Waals surface area (Å²) in [4.78, 5) is 39.7. The molecule has 168 valence electrons. The summed E-state index contributed by atoms with van der Waals surface area (Å²) in [7, 11) is 1.83. The van der Waals surface area contributed by atoms with E-state index >= 15 is 0 Å². The Morgan fingerprint density at radius 2 is 1.69 bits per heavy atom. The van der Waals surface area contributed by atoms with Gasteiger partial charge in [0.2, 0.25) is 5.78 Å². The molecule has 7 nitrogen and oxygen atoms in total. The van der Waals surface area contributed by atoms with Crippen molar-refractivity contribution in [2.75, 3.05) is 19.3 Å². The van der Waals surface area contributed by atoms with Gasteiger partial charge in [-0.25, -0.2) is 4.79 Å². The first-order valence-electron chi connectivity index (χ1n) is 10.2. The number of hydrogen-bond donors (Lipinski definition) is 2. The molecule has 1 heterocycles. The Kier molecular flexibility index (Phi) is 7.56. The van der Waals surface area contributed by atoms with Crippen LogP contribution in [0.4, 0.5) is 5.82 Å². The number of nitrogens with zero attached hydrogens (tertiary/aromatic N) is 2. The van der Waals surface area contributed by atoms with Crippen LogP contribution in [0.15, 0.2) is 58.1 Å². The molecule has 0 aliphatic heterocycles. The molecule has 0 bridgehead atoms. The van der Waals surface area contributed by atoms with Crippen molar-refractivity contribution in [3.63, 3.8) is 0 Å². The second kappa shape index (κ2) is 10.2. The molecule has 0 fully saturated rings. The van der Waals surface area contributed by atoms with E-state index in [2.05, 4.69) is 0 Å². The summed E-state index contributed by atoms with van der Waals surface area (Å²) in [5, 5.41) is 0.893. The van der Waals surface area contributed by atoms with E-state index in [9.17, 15) is 14.4 Å². The highest BCUT2D eigenvalue weighted by Gasteiger charge is 2.25. The molecule has 32 heavy (non-hydrogen) atoms. The first kappa shape index (κ1) is 23.8. The van der Waals surface area contributed by atoms with Gasteiger partial charge in [-0.05, 0) is 24.6 Å². The third-order valence-electron chi connectivity index (χ3n) is 5.20. The second-order valence-electron chi connectivity index (χ2n) is 7.65. The van der Waals surface area contributed by atoms with Crippen molar-refractivity contribution in [2.24, 2.45) is 0 Å². The lowest BCUT2D eigenvalue weighted by Gasteiger charge is -2.17. The van der Waals surface area contributed by atoms with Gasteiger partial charge in [0.25, 0.3) is 5.56 Å². The van der Waals surface area contributed by atoms with Crippen LogP contribution in [0.5, 0.6) is 0 Å². The fourth-order valence-corrected chi connectivity index (χ4v) is 3.92. The number of benzene rings is 2. The van der Waals surface area contributed by atoms with Crippen molar-refractivity contribution in [3.8, 4) is 0 Å². The summed E-state index contributed by atoms with van der Waals surface area (Å²) < 4.78 is 2.32. The molecule has 0 spiro atoms. The maximum absolute atomic E-state index is 13.1. The van der Waals surface area contributed by atoms with E-state index in [1.165, 1.54) is 4.57 Å². The van der Waals surface area contributed by atoms with Crippen molar-refractivity contribution in [3.05, 3.63) is 96.1 Å². The number of quaternary nitrogens is 1. The number of nitrogens with two attached hydrogens (primary N) is 1. The molecule has 1 aromatic heterocycles. The van der Waals surface area contributed by atoms with Crippen molar-refractivity contribution in [1.82, 2.24) is 9.13 Å². The summed E-state index contributed by atoms with van der Waals surface area (Å²) in [5.74, 6) is -0.532. The fourth-order valence-electron chi connectivity index (χ4n) is 3.60. The zero-order valence-electron chi connectivity index (χ0n) is 17.9. The summed E-state index contributed by atoms with van der Waals surface area (Å²) in [5.41, 5.74) is 6.59. The Bertz CT molecular complexity index is 1250. The Balaban J connectivity index is 1.92. The molecule has 0 aliphatic rings. The monoisotopic (exact) mass is 475 g/mol. The minimum absolute atomic E-state index is 0.0208. The van der Waals surface area contributed by atoms with Gasteiger partial charge in [-0.2, -0.15) is 0 Å².